The van der Waals surface area contributed by atoms with Gasteiger partial charge in [-0.05, 0) is 48.4 Å². The summed E-state index contributed by atoms with van der Waals surface area (Å²) >= 11 is 0. The molecule has 176 valence electrons. The lowest BCUT2D eigenvalue weighted by Crippen LogP contribution is -2.15. The van der Waals surface area contributed by atoms with E-state index in [0.717, 1.165) is 17.7 Å². The molecule has 1 aromatic heterocycles. The van der Waals surface area contributed by atoms with Gasteiger partial charge in [-0.1, -0.05) is 12.1 Å². The SMILES string of the molecule is CC(=O)Nc1cc(S(=O)(=O)Nc2ccc(F)cc2F)cc2cnn(CCc3ccc(F)cc3)c12. The highest BCUT2D eigenvalue weighted by Gasteiger charge is 2.21. The number of aryl methyl sites for hydroxylation is 2. The van der Waals surface area contributed by atoms with Crippen LogP contribution in [0.3, 0.4) is 0 Å². The van der Waals surface area contributed by atoms with Crippen molar-refractivity contribution in [1.82, 2.24) is 9.78 Å². The molecule has 0 radical (unpaired) electrons. The van der Waals surface area contributed by atoms with Gasteiger partial charge in [-0.15, -0.1) is 0 Å². The Labute approximate surface area is 193 Å². The van der Waals surface area contributed by atoms with E-state index in [1.807, 2.05) is 0 Å². The quantitative estimate of drug-likeness (QED) is 0.402. The maximum Gasteiger partial charge on any atom is 0.262 e. The van der Waals surface area contributed by atoms with E-state index in [4.69, 9.17) is 0 Å². The summed E-state index contributed by atoms with van der Waals surface area (Å²) in [6.07, 6.45) is 1.96. The lowest BCUT2D eigenvalue weighted by molar-refractivity contribution is -0.114. The molecule has 0 unspecified atom stereocenters. The molecule has 11 heteroatoms. The topological polar surface area (TPSA) is 93.1 Å². The van der Waals surface area contributed by atoms with Gasteiger partial charge in [0.1, 0.15) is 17.5 Å². The predicted molar refractivity (Wildman–Crippen MR) is 121 cm³/mol. The van der Waals surface area contributed by atoms with Crippen molar-refractivity contribution in [1.29, 1.82) is 0 Å². The smallest absolute Gasteiger partial charge is 0.262 e. The highest BCUT2D eigenvalue weighted by atomic mass is 32.2. The Morgan fingerprint density at radius 1 is 0.971 bits per heavy atom. The van der Waals surface area contributed by atoms with Crippen LogP contribution in [-0.4, -0.2) is 24.1 Å². The van der Waals surface area contributed by atoms with Gasteiger partial charge >= 0.3 is 0 Å². The van der Waals surface area contributed by atoms with Gasteiger partial charge in [-0.3, -0.25) is 14.2 Å². The first-order valence-electron chi connectivity index (χ1n) is 10.1. The minimum atomic E-state index is -4.28. The molecule has 0 bridgehead atoms. The molecule has 2 N–H and O–H groups in total. The van der Waals surface area contributed by atoms with Crippen molar-refractivity contribution in [2.45, 2.75) is 24.8 Å². The van der Waals surface area contributed by atoms with Crippen LogP contribution >= 0.6 is 0 Å². The summed E-state index contributed by atoms with van der Waals surface area (Å²) in [4.78, 5) is 11.6. The number of amides is 1. The fraction of sp³-hybridized carbons (Fsp3) is 0.130. The number of anilines is 2. The number of hydrogen-bond donors (Lipinski definition) is 2. The summed E-state index contributed by atoms with van der Waals surface area (Å²) < 4.78 is 69.8. The monoisotopic (exact) mass is 488 g/mol. The Morgan fingerprint density at radius 3 is 2.35 bits per heavy atom. The molecule has 0 saturated heterocycles. The molecule has 4 rings (SSSR count). The molecule has 0 aliphatic rings. The van der Waals surface area contributed by atoms with Crippen molar-refractivity contribution in [3.63, 3.8) is 0 Å². The van der Waals surface area contributed by atoms with E-state index in [9.17, 15) is 26.4 Å². The number of carbonyl (C=O) groups excluding carboxylic acids is 1. The summed E-state index contributed by atoms with van der Waals surface area (Å²) in [7, 11) is -4.28. The second kappa shape index (κ2) is 9.18. The van der Waals surface area contributed by atoms with E-state index in [2.05, 4.69) is 15.1 Å². The Morgan fingerprint density at radius 2 is 1.68 bits per heavy atom. The Bertz CT molecular complexity index is 1490. The molecule has 0 saturated carbocycles. The van der Waals surface area contributed by atoms with E-state index in [0.29, 0.717) is 29.9 Å². The fourth-order valence-corrected chi connectivity index (χ4v) is 4.61. The van der Waals surface area contributed by atoms with E-state index in [1.165, 1.54) is 37.4 Å². The number of aromatic nitrogens is 2. The molecule has 0 fully saturated rings. The Hall–Kier alpha value is -3.86. The van der Waals surface area contributed by atoms with Gasteiger partial charge in [-0.25, -0.2) is 21.6 Å². The zero-order valence-electron chi connectivity index (χ0n) is 17.8. The van der Waals surface area contributed by atoms with Crippen LogP contribution < -0.4 is 10.0 Å². The van der Waals surface area contributed by atoms with Crippen molar-refractivity contribution < 1.29 is 26.4 Å². The van der Waals surface area contributed by atoms with Gasteiger partial charge in [0.05, 0.1) is 28.0 Å². The second-order valence-electron chi connectivity index (χ2n) is 7.56. The van der Waals surface area contributed by atoms with Crippen LogP contribution in [0.1, 0.15) is 12.5 Å². The molecular weight excluding hydrogens is 469 g/mol. The van der Waals surface area contributed by atoms with Crippen LogP contribution in [-0.2, 0) is 27.8 Å². The van der Waals surface area contributed by atoms with Gasteiger partial charge in [0, 0.05) is 24.9 Å². The average molecular weight is 488 g/mol. The third-order valence-electron chi connectivity index (χ3n) is 5.03. The predicted octanol–water partition coefficient (Wildman–Crippen LogP) is 4.46. The molecule has 1 amide bonds. The van der Waals surface area contributed by atoms with E-state index >= 15 is 0 Å². The lowest BCUT2D eigenvalue weighted by atomic mass is 10.1. The first-order chi connectivity index (χ1) is 16.1. The number of carbonyl (C=O) groups is 1. The molecule has 3 aromatic carbocycles. The van der Waals surface area contributed by atoms with Crippen LogP contribution in [0.5, 0.6) is 0 Å². The van der Waals surface area contributed by atoms with Crippen molar-refractivity contribution in [2.24, 2.45) is 0 Å². The van der Waals surface area contributed by atoms with Gasteiger partial charge < -0.3 is 5.32 Å². The number of nitrogens with zero attached hydrogens (tertiary/aromatic N) is 2. The van der Waals surface area contributed by atoms with Gasteiger partial charge in [0.25, 0.3) is 10.0 Å². The first-order valence-corrected chi connectivity index (χ1v) is 11.6. The molecule has 34 heavy (non-hydrogen) atoms. The number of fused-ring (bicyclic) bond motifs is 1. The number of benzene rings is 3. The number of halogens is 3. The lowest BCUT2D eigenvalue weighted by Gasteiger charge is -2.13. The molecule has 0 spiro atoms. The zero-order chi connectivity index (χ0) is 24.5. The van der Waals surface area contributed by atoms with Crippen LogP contribution in [0, 0.1) is 17.5 Å². The van der Waals surface area contributed by atoms with Gasteiger partial charge in [0.15, 0.2) is 0 Å². The fourth-order valence-electron chi connectivity index (χ4n) is 3.48. The second-order valence-corrected chi connectivity index (χ2v) is 9.25. The number of sulfonamides is 1. The van der Waals surface area contributed by atoms with Crippen molar-refractivity contribution >= 4 is 38.2 Å². The molecular formula is C23H19F3N4O3S. The standard InChI is InChI=1S/C23H19F3N4O3S/c1-14(31)28-22-12-19(34(32,33)29-21-7-6-18(25)11-20(21)26)10-16-13-27-30(23(16)22)9-8-15-2-4-17(24)5-3-15/h2-7,10-13,29H,8-9H2,1H3,(H,28,31). The molecule has 4 aromatic rings. The normalized spacial score (nSPS) is 11.5. The molecule has 7 nitrogen and oxygen atoms in total. The number of nitrogens with one attached hydrogen (secondary N) is 2. The minimum Gasteiger partial charge on any atom is -0.324 e. The van der Waals surface area contributed by atoms with Crippen LogP contribution in [0.2, 0.25) is 0 Å². The third kappa shape index (κ3) is 5.04. The summed E-state index contributed by atoms with van der Waals surface area (Å²) in [6, 6.07) is 11.1. The highest BCUT2D eigenvalue weighted by molar-refractivity contribution is 7.92. The minimum absolute atomic E-state index is 0.196. The van der Waals surface area contributed by atoms with Crippen molar-refractivity contribution in [2.75, 3.05) is 10.0 Å². The Balaban J connectivity index is 1.70. The first kappa shape index (κ1) is 23.3. The van der Waals surface area contributed by atoms with Crippen LogP contribution in [0.15, 0.2) is 65.7 Å². The largest absolute Gasteiger partial charge is 0.324 e. The molecule has 0 aliphatic heterocycles. The Kier molecular flexibility index (Phi) is 6.29. The summed E-state index contributed by atoms with van der Waals surface area (Å²) in [6.45, 7) is 1.66. The average Bonchev–Trinajstić information content (AvgIpc) is 3.18. The molecule has 1 heterocycles. The molecule has 0 aliphatic carbocycles. The third-order valence-corrected chi connectivity index (χ3v) is 6.37. The zero-order valence-corrected chi connectivity index (χ0v) is 18.7. The number of hydrogen-bond acceptors (Lipinski definition) is 4. The summed E-state index contributed by atoms with van der Waals surface area (Å²) in [5.41, 5.74) is 1.14. The maximum atomic E-state index is 14.0. The van der Waals surface area contributed by atoms with Crippen molar-refractivity contribution in [3.8, 4) is 0 Å². The molecule has 0 atom stereocenters. The maximum absolute atomic E-state index is 14.0. The van der Waals surface area contributed by atoms with E-state index in [-0.39, 0.29) is 16.4 Å². The van der Waals surface area contributed by atoms with E-state index in [1.54, 1.807) is 16.8 Å². The summed E-state index contributed by atoms with van der Waals surface area (Å²) in [5, 5.41) is 7.33. The van der Waals surface area contributed by atoms with E-state index < -0.39 is 33.3 Å². The van der Waals surface area contributed by atoms with Crippen molar-refractivity contribution in [3.05, 3.63) is 83.8 Å². The summed E-state index contributed by atoms with van der Waals surface area (Å²) in [5.74, 6) is -2.69. The van der Waals surface area contributed by atoms with Gasteiger partial charge in [0.2, 0.25) is 5.91 Å². The highest BCUT2D eigenvalue weighted by Crippen LogP contribution is 2.30. The van der Waals surface area contributed by atoms with Crippen LogP contribution in [0.4, 0.5) is 24.5 Å². The van der Waals surface area contributed by atoms with Crippen LogP contribution in [0.25, 0.3) is 10.9 Å². The van der Waals surface area contributed by atoms with Gasteiger partial charge in [-0.2, -0.15) is 5.10 Å². The number of rotatable bonds is 7.